The summed E-state index contributed by atoms with van der Waals surface area (Å²) in [5.74, 6) is 0. The van der Waals surface area contributed by atoms with Crippen molar-refractivity contribution in [1.29, 1.82) is 0 Å². The van der Waals surface area contributed by atoms with Crippen molar-refractivity contribution in [1.82, 2.24) is 15.1 Å². The number of rotatable bonds is 6. The van der Waals surface area contributed by atoms with Gasteiger partial charge >= 0.3 is 0 Å². The first-order valence-corrected chi connectivity index (χ1v) is 7.40. The van der Waals surface area contributed by atoms with Crippen molar-refractivity contribution in [2.45, 2.75) is 26.4 Å². The molecule has 2 heterocycles. The van der Waals surface area contributed by atoms with E-state index in [4.69, 9.17) is 0 Å². The fraction of sp³-hybridized carbons (Fsp3) is 0.417. The van der Waals surface area contributed by atoms with Crippen LogP contribution < -0.4 is 5.32 Å². The Morgan fingerprint density at radius 3 is 3.12 bits per heavy atom. The van der Waals surface area contributed by atoms with Crippen LogP contribution in [0.3, 0.4) is 0 Å². The number of nitrogens with zero attached hydrogens (tertiary/aromatic N) is 2. The average Bonchev–Trinajstić information content (AvgIpc) is 2.90. The molecule has 0 amide bonds. The average molecular weight is 314 g/mol. The molecule has 0 bridgehead atoms. The van der Waals surface area contributed by atoms with Gasteiger partial charge in [0.2, 0.25) is 0 Å². The van der Waals surface area contributed by atoms with Gasteiger partial charge in [0.15, 0.2) is 0 Å². The van der Waals surface area contributed by atoms with Gasteiger partial charge in [-0.2, -0.15) is 5.10 Å². The molecule has 0 saturated carbocycles. The summed E-state index contributed by atoms with van der Waals surface area (Å²) in [6.07, 6.45) is 5.21. The highest BCUT2D eigenvalue weighted by molar-refractivity contribution is 9.10. The molecule has 0 atom stereocenters. The molecule has 3 nitrogen and oxygen atoms in total. The third kappa shape index (κ3) is 3.94. The van der Waals surface area contributed by atoms with Crippen LogP contribution in [0.4, 0.5) is 0 Å². The van der Waals surface area contributed by atoms with E-state index in [0.29, 0.717) is 0 Å². The molecule has 1 N–H and O–H groups in total. The first kappa shape index (κ1) is 12.8. The van der Waals surface area contributed by atoms with Crippen molar-refractivity contribution in [3.8, 4) is 0 Å². The topological polar surface area (TPSA) is 29.9 Å². The molecule has 0 spiro atoms. The highest BCUT2D eigenvalue weighted by Crippen LogP contribution is 2.20. The fourth-order valence-electron chi connectivity index (χ4n) is 1.59. The van der Waals surface area contributed by atoms with E-state index in [9.17, 15) is 0 Å². The Morgan fingerprint density at radius 2 is 2.41 bits per heavy atom. The van der Waals surface area contributed by atoms with Gasteiger partial charge in [-0.1, -0.05) is 6.92 Å². The zero-order chi connectivity index (χ0) is 12.1. The summed E-state index contributed by atoms with van der Waals surface area (Å²) in [6.45, 7) is 4.99. The minimum Gasteiger partial charge on any atom is -0.313 e. The molecule has 0 aliphatic heterocycles. The zero-order valence-electron chi connectivity index (χ0n) is 9.82. The van der Waals surface area contributed by atoms with Gasteiger partial charge in [0.05, 0.1) is 12.7 Å². The third-order valence-electron chi connectivity index (χ3n) is 2.38. The molecule has 0 aromatic carbocycles. The number of nitrogens with one attached hydrogen (secondary N) is 1. The van der Waals surface area contributed by atoms with Gasteiger partial charge in [-0.05, 0) is 35.0 Å². The van der Waals surface area contributed by atoms with Crippen molar-refractivity contribution < 1.29 is 0 Å². The lowest BCUT2D eigenvalue weighted by molar-refractivity contribution is 0.670. The molecule has 2 aromatic heterocycles. The molecule has 0 aliphatic carbocycles. The number of hydrogen-bond donors (Lipinski definition) is 1. The second-order valence-electron chi connectivity index (χ2n) is 3.95. The van der Waals surface area contributed by atoms with E-state index >= 15 is 0 Å². The van der Waals surface area contributed by atoms with Crippen LogP contribution in [-0.4, -0.2) is 16.3 Å². The molecule has 92 valence electrons. The van der Waals surface area contributed by atoms with E-state index < -0.39 is 0 Å². The zero-order valence-corrected chi connectivity index (χ0v) is 12.2. The molecule has 0 radical (unpaired) electrons. The Balaban J connectivity index is 1.89. The molecule has 5 heteroatoms. The summed E-state index contributed by atoms with van der Waals surface area (Å²) in [7, 11) is 0. The Labute approximate surface area is 114 Å². The minimum atomic E-state index is 0.851. The first-order valence-electron chi connectivity index (χ1n) is 5.73. The van der Waals surface area contributed by atoms with Crippen molar-refractivity contribution in [3.05, 3.63) is 38.8 Å². The first-order chi connectivity index (χ1) is 8.28. The van der Waals surface area contributed by atoms with Gasteiger partial charge in [-0.15, -0.1) is 11.3 Å². The highest BCUT2D eigenvalue weighted by Gasteiger charge is 2.01. The third-order valence-corrected chi connectivity index (χ3v) is 4.06. The molecule has 0 aliphatic rings. The lowest BCUT2D eigenvalue weighted by Crippen LogP contribution is -2.13. The molecule has 17 heavy (non-hydrogen) atoms. The van der Waals surface area contributed by atoms with Crippen molar-refractivity contribution >= 4 is 27.3 Å². The van der Waals surface area contributed by atoms with E-state index in [1.54, 1.807) is 11.3 Å². The summed E-state index contributed by atoms with van der Waals surface area (Å²) in [5.41, 5.74) is 1.24. The number of thiophene rings is 1. The van der Waals surface area contributed by atoms with E-state index in [2.05, 4.69) is 50.9 Å². The van der Waals surface area contributed by atoms with Gasteiger partial charge in [-0.25, -0.2) is 0 Å². The minimum absolute atomic E-state index is 0.851. The number of aromatic nitrogens is 2. The molecule has 2 rings (SSSR count). The smallest absolute Gasteiger partial charge is 0.0752 e. The molecular formula is C12H16BrN3S. The highest BCUT2D eigenvalue weighted by atomic mass is 79.9. The Morgan fingerprint density at radius 1 is 1.53 bits per heavy atom. The van der Waals surface area contributed by atoms with Crippen LogP contribution in [-0.2, 0) is 13.1 Å². The van der Waals surface area contributed by atoms with Crippen molar-refractivity contribution in [2.75, 3.05) is 6.54 Å². The van der Waals surface area contributed by atoms with Gasteiger partial charge in [0.25, 0.3) is 0 Å². The fourth-order valence-corrected chi connectivity index (χ4v) is 3.03. The molecule has 2 aromatic rings. The van der Waals surface area contributed by atoms with Gasteiger partial charge in [0, 0.05) is 33.0 Å². The Hall–Kier alpha value is -0.650. The quantitative estimate of drug-likeness (QED) is 0.830. The summed E-state index contributed by atoms with van der Waals surface area (Å²) in [6, 6.07) is 2.14. The summed E-state index contributed by atoms with van der Waals surface area (Å²) in [5, 5.41) is 9.84. The Bertz CT molecular complexity index is 464. The van der Waals surface area contributed by atoms with Crippen molar-refractivity contribution in [3.63, 3.8) is 0 Å². The van der Waals surface area contributed by atoms with Crippen LogP contribution in [0.2, 0.25) is 0 Å². The largest absolute Gasteiger partial charge is 0.313 e. The summed E-state index contributed by atoms with van der Waals surface area (Å²) < 4.78 is 3.14. The monoisotopic (exact) mass is 313 g/mol. The van der Waals surface area contributed by atoms with E-state index in [0.717, 1.165) is 30.5 Å². The second-order valence-corrected chi connectivity index (χ2v) is 5.87. The van der Waals surface area contributed by atoms with Gasteiger partial charge in [-0.3, -0.25) is 4.68 Å². The second kappa shape index (κ2) is 6.33. The van der Waals surface area contributed by atoms with Gasteiger partial charge < -0.3 is 5.32 Å². The lowest BCUT2D eigenvalue weighted by atomic mass is 10.3. The molecule has 0 saturated heterocycles. The number of hydrogen-bond acceptors (Lipinski definition) is 3. The molecule has 0 fully saturated rings. The standard InChI is InChI=1S/C12H16BrN3S/c1-2-3-14-5-10-6-15-16(7-10)8-12-4-11(13)9-17-12/h4,6-7,9,14H,2-3,5,8H2,1H3. The van der Waals surface area contributed by atoms with Crippen LogP contribution in [0, 0.1) is 0 Å². The maximum Gasteiger partial charge on any atom is 0.0752 e. The predicted octanol–water partition coefficient (Wildman–Crippen LogP) is 3.26. The SMILES string of the molecule is CCCNCc1cnn(Cc2cc(Br)cs2)c1. The normalized spacial score (nSPS) is 10.9. The number of halogens is 1. The maximum absolute atomic E-state index is 4.37. The van der Waals surface area contributed by atoms with E-state index in [1.807, 2.05) is 10.9 Å². The van der Waals surface area contributed by atoms with Crippen LogP contribution >= 0.6 is 27.3 Å². The van der Waals surface area contributed by atoms with E-state index in [1.165, 1.54) is 10.4 Å². The van der Waals surface area contributed by atoms with Crippen LogP contribution in [0.1, 0.15) is 23.8 Å². The van der Waals surface area contributed by atoms with E-state index in [-0.39, 0.29) is 0 Å². The predicted molar refractivity (Wildman–Crippen MR) is 75.3 cm³/mol. The lowest BCUT2D eigenvalue weighted by Gasteiger charge is -1.99. The molecular weight excluding hydrogens is 298 g/mol. The maximum atomic E-state index is 4.37. The summed E-state index contributed by atoms with van der Waals surface area (Å²) >= 11 is 5.22. The van der Waals surface area contributed by atoms with Crippen LogP contribution in [0.5, 0.6) is 0 Å². The van der Waals surface area contributed by atoms with Crippen LogP contribution in [0.25, 0.3) is 0 Å². The van der Waals surface area contributed by atoms with Crippen LogP contribution in [0.15, 0.2) is 28.3 Å². The summed E-state index contributed by atoms with van der Waals surface area (Å²) in [4.78, 5) is 1.31. The van der Waals surface area contributed by atoms with Crippen molar-refractivity contribution in [2.24, 2.45) is 0 Å². The Kier molecular flexibility index (Phi) is 4.76. The van der Waals surface area contributed by atoms with Gasteiger partial charge in [0.1, 0.15) is 0 Å². The molecule has 0 unspecified atom stereocenters.